The fourth-order valence-corrected chi connectivity index (χ4v) is 2.25. The molecule has 1 saturated heterocycles. The predicted molar refractivity (Wildman–Crippen MR) is 75.3 cm³/mol. The summed E-state index contributed by atoms with van der Waals surface area (Å²) in [6.45, 7) is 4.55. The summed E-state index contributed by atoms with van der Waals surface area (Å²) in [5.74, 6) is 1.02. The van der Waals surface area contributed by atoms with E-state index >= 15 is 0 Å². The van der Waals surface area contributed by atoms with Gasteiger partial charge in [0.2, 0.25) is 5.91 Å². The molecule has 2 N–H and O–H groups in total. The van der Waals surface area contributed by atoms with Crippen LogP contribution in [0.1, 0.15) is 25.3 Å². The first-order chi connectivity index (χ1) is 9.28. The summed E-state index contributed by atoms with van der Waals surface area (Å²) in [4.78, 5) is 11.8. The zero-order valence-corrected chi connectivity index (χ0v) is 11.4. The quantitative estimate of drug-likeness (QED) is 0.817. The van der Waals surface area contributed by atoms with Gasteiger partial charge >= 0.3 is 0 Å². The molecule has 1 atom stereocenters. The predicted octanol–water partition coefficient (Wildman–Crippen LogP) is 1.50. The molecule has 1 aromatic carbocycles. The lowest BCUT2D eigenvalue weighted by Gasteiger charge is -2.11. The molecule has 0 aromatic heterocycles. The first kappa shape index (κ1) is 13.9. The summed E-state index contributed by atoms with van der Waals surface area (Å²) >= 11 is 0. The Hall–Kier alpha value is -1.55. The van der Waals surface area contributed by atoms with Crippen molar-refractivity contribution in [2.45, 2.75) is 32.2 Å². The maximum atomic E-state index is 11.8. The van der Waals surface area contributed by atoms with Crippen molar-refractivity contribution in [1.29, 1.82) is 0 Å². The van der Waals surface area contributed by atoms with Gasteiger partial charge in [0.1, 0.15) is 5.75 Å². The van der Waals surface area contributed by atoms with Gasteiger partial charge in [-0.2, -0.15) is 0 Å². The first-order valence-corrected chi connectivity index (χ1v) is 6.99. The fraction of sp³-hybridized carbons (Fsp3) is 0.533. The molecule has 0 spiro atoms. The Morgan fingerprint density at radius 1 is 1.42 bits per heavy atom. The highest BCUT2D eigenvalue weighted by Crippen LogP contribution is 2.13. The molecule has 4 nitrogen and oxygen atoms in total. The molecule has 4 heteroatoms. The average molecular weight is 262 g/mol. The van der Waals surface area contributed by atoms with Crippen LogP contribution in [0.3, 0.4) is 0 Å². The zero-order valence-electron chi connectivity index (χ0n) is 11.4. The van der Waals surface area contributed by atoms with Crippen molar-refractivity contribution in [1.82, 2.24) is 10.6 Å². The lowest BCUT2D eigenvalue weighted by Crippen LogP contribution is -2.36. The van der Waals surface area contributed by atoms with Gasteiger partial charge in [0.05, 0.1) is 6.61 Å². The van der Waals surface area contributed by atoms with Crippen LogP contribution in [0.25, 0.3) is 0 Å². The van der Waals surface area contributed by atoms with Gasteiger partial charge in [-0.1, -0.05) is 12.1 Å². The molecule has 0 aliphatic carbocycles. The highest BCUT2D eigenvalue weighted by Gasteiger charge is 2.16. The molecule has 1 aromatic rings. The fourth-order valence-electron chi connectivity index (χ4n) is 2.25. The number of amides is 1. The summed E-state index contributed by atoms with van der Waals surface area (Å²) in [5.41, 5.74) is 1.17. The normalized spacial score (nSPS) is 18.3. The van der Waals surface area contributed by atoms with E-state index in [2.05, 4.69) is 10.6 Å². The van der Waals surface area contributed by atoms with Crippen LogP contribution in [-0.4, -0.2) is 31.6 Å². The van der Waals surface area contributed by atoms with E-state index in [-0.39, 0.29) is 5.91 Å². The van der Waals surface area contributed by atoms with Crippen LogP contribution in [0.2, 0.25) is 0 Å². The van der Waals surface area contributed by atoms with Crippen molar-refractivity contribution in [3.63, 3.8) is 0 Å². The minimum atomic E-state index is 0.141. The van der Waals surface area contributed by atoms with E-state index in [1.54, 1.807) is 0 Å². The van der Waals surface area contributed by atoms with Gasteiger partial charge in [0.25, 0.3) is 0 Å². The summed E-state index contributed by atoms with van der Waals surface area (Å²) in [6.07, 6.45) is 2.36. The third-order valence-corrected chi connectivity index (χ3v) is 3.30. The standard InChI is InChI=1S/C15H22N2O2/c1-2-19-14-6-3-12(4-7-14)5-8-15(18)17-13-9-10-16-11-13/h3-4,6-7,13,16H,2,5,8-11H2,1H3,(H,17,18). The van der Waals surface area contributed by atoms with Crippen LogP contribution >= 0.6 is 0 Å². The van der Waals surface area contributed by atoms with Crippen LogP contribution in [0.5, 0.6) is 5.75 Å². The summed E-state index contributed by atoms with van der Waals surface area (Å²) < 4.78 is 5.39. The Morgan fingerprint density at radius 2 is 2.21 bits per heavy atom. The molecule has 1 aliphatic heterocycles. The molecule has 0 saturated carbocycles. The van der Waals surface area contributed by atoms with Crippen molar-refractivity contribution in [3.8, 4) is 5.75 Å². The van der Waals surface area contributed by atoms with E-state index in [9.17, 15) is 4.79 Å². The summed E-state index contributed by atoms with van der Waals surface area (Å²) in [5, 5.41) is 6.30. The van der Waals surface area contributed by atoms with Crippen LogP contribution in [0.4, 0.5) is 0 Å². The van der Waals surface area contributed by atoms with Crippen LogP contribution < -0.4 is 15.4 Å². The van der Waals surface area contributed by atoms with Crippen molar-refractivity contribution < 1.29 is 9.53 Å². The molecule has 1 aliphatic rings. The first-order valence-electron chi connectivity index (χ1n) is 6.99. The molecule has 2 rings (SSSR count). The number of hydrogen-bond acceptors (Lipinski definition) is 3. The molecular weight excluding hydrogens is 240 g/mol. The number of carbonyl (C=O) groups is 1. The number of hydrogen-bond donors (Lipinski definition) is 2. The second-order valence-corrected chi connectivity index (χ2v) is 4.83. The Bertz CT molecular complexity index is 397. The number of aryl methyl sites for hydroxylation is 1. The minimum Gasteiger partial charge on any atom is -0.494 e. The molecule has 1 fully saturated rings. The molecular formula is C15H22N2O2. The lowest BCUT2D eigenvalue weighted by molar-refractivity contribution is -0.121. The molecule has 1 heterocycles. The third-order valence-electron chi connectivity index (χ3n) is 3.30. The van der Waals surface area contributed by atoms with Crippen LogP contribution in [-0.2, 0) is 11.2 Å². The van der Waals surface area contributed by atoms with Gasteiger partial charge in [-0.3, -0.25) is 4.79 Å². The Morgan fingerprint density at radius 3 is 2.84 bits per heavy atom. The average Bonchev–Trinajstić information content (AvgIpc) is 2.91. The van der Waals surface area contributed by atoms with E-state index in [1.165, 1.54) is 5.56 Å². The van der Waals surface area contributed by atoms with Crippen molar-refractivity contribution in [2.24, 2.45) is 0 Å². The van der Waals surface area contributed by atoms with E-state index < -0.39 is 0 Å². The van der Waals surface area contributed by atoms with Crippen molar-refractivity contribution in [3.05, 3.63) is 29.8 Å². The molecule has 1 amide bonds. The van der Waals surface area contributed by atoms with Gasteiger partial charge in [0, 0.05) is 19.0 Å². The lowest BCUT2D eigenvalue weighted by atomic mass is 10.1. The van der Waals surface area contributed by atoms with Gasteiger partial charge in [0.15, 0.2) is 0 Å². The number of ether oxygens (including phenoxy) is 1. The second kappa shape index (κ2) is 7.14. The number of nitrogens with one attached hydrogen (secondary N) is 2. The highest BCUT2D eigenvalue weighted by atomic mass is 16.5. The monoisotopic (exact) mass is 262 g/mol. The Balaban J connectivity index is 1.73. The Kier molecular flexibility index (Phi) is 5.21. The van der Waals surface area contributed by atoms with Crippen LogP contribution in [0, 0.1) is 0 Å². The van der Waals surface area contributed by atoms with Crippen LogP contribution in [0.15, 0.2) is 24.3 Å². The van der Waals surface area contributed by atoms with Crippen molar-refractivity contribution in [2.75, 3.05) is 19.7 Å². The second-order valence-electron chi connectivity index (χ2n) is 4.83. The van der Waals surface area contributed by atoms with E-state index in [0.717, 1.165) is 31.7 Å². The topological polar surface area (TPSA) is 50.4 Å². The van der Waals surface area contributed by atoms with E-state index in [1.807, 2.05) is 31.2 Å². The van der Waals surface area contributed by atoms with Gasteiger partial charge in [-0.05, 0) is 44.0 Å². The molecule has 0 bridgehead atoms. The molecule has 19 heavy (non-hydrogen) atoms. The van der Waals surface area contributed by atoms with Gasteiger partial charge < -0.3 is 15.4 Å². The number of carbonyl (C=O) groups excluding carboxylic acids is 1. The van der Waals surface area contributed by atoms with E-state index in [4.69, 9.17) is 4.74 Å². The molecule has 104 valence electrons. The maximum absolute atomic E-state index is 11.8. The summed E-state index contributed by atoms with van der Waals surface area (Å²) in [6, 6.07) is 8.27. The van der Waals surface area contributed by atoms with Crippen molar-refractivity contribution >= 4 is 5.91 Å². The summed E-state index contributed by atoms with van der Waals surface area (Å²) in [7, 11) is 0. The molecule has 0 radical (unpaired) electrons. The largest absolute Gasteiger partial charge is 0.494 e. The molecule has 1 unspecified atom stereocenters. The number of benzene rings is 1. The van der Waals surface area contributed by atoms with E-state index in [0.29, 0.717) is 19.1 Å². The minimum absolute atomic E-state index is 0.141. The Labute approximate surface area is 114 Å². The highest BCUT2D eigenvalue weighted by molar-refractivity contribution is 5.76. The third kappa shape index (κ3) is 4.56. The smallest absolute Gasteiger partial charge is 0.220 e. The SMILES string of the molecule is CCOc1ccc(CCC(=O)NC2CCNC2)cc1. The zero-order chi connectivity index (χ0) is 13.5. The van der Waals surface area contributed by atoms with Gasteiger partial charge in [-0.15, -0.1) is 0 Å². The number of rotatable bonds is 6. The van der Waals surface area contributed by atoms with Gasteiger partial charge in [-0.25, -0.2) is 0 Å². The maximum Gasteiger partial charge on any atom is 0.220 e.